The average molecular weight is 467 g/mol. The maximum Gasteiger partial charge on any atom is 0.265 e. The quantitative estimate of drug-likeness (QED) is 0.442. The lowest BCUT2D eigenvalue weighted by molar-refractivity contribution is -0.115. The van der Waals surface area contributed by atoms with Gasteiger partial charge < -0.3 is 20.7 Å². The second kappa shape index (κ2) is 12.5. The summed E-state index contributed by atoms with van der Waals surface area (Å²) in [4.78, 5) is 26.1. The van der Waals surface area contributed by atoms with E-state index in [-0.39, 0.29) is 12.0 Å². The second-order valence-corrected chi connectivity index (χ2v) is 8.94. The van der Waals surface area contributed by atoms with Gasteiger partial charge in [-0.1, -0.05) is 19.9 Å². The zero-order valence-electron chi connectivity index (χ0n) is 21.1. The summed E-state index contributed by atoms with van der Waals surface area (Å²) < 4.78 is 6.27. The summed E-state index contributed by atoms with van der Waals surface area (Å²) in [6.45, 7) is 12.6. The smallest absolute Gasteiger partial charge is 0.265 e. The molecule has 1 amide bonds. The maximum absolute atomic E-state index is 12.7. The van der Waals surface area contributed by atoms with Crippen molar-refractivity contribution < 1.29 is 9.53 Å². The van der Waals surface area contributed by atoms with E-state index in [0.29, 0.717) is 35.4 Å². The standard InChI is InChI=1S/C26H38N6O2/c1-6-21(7-2)34-23-14-17(3)8-9-22(23)32-25-24(18(4)29-16-30-25)31-19(5)26(33)28-15-20-10-12-27-13-11-20/h8-9,14,16,20-21,27H,6-7,10-13,15H2,1-5H3,(H,28,33)(H,29,30,32)/b31-19+. The highest BCUT2D eigenvalue weighted by Crippen LogP contribution is 2.34. The maximum atomic E-state index is 12.7. The second-order valence-electron chi connectivity index (χ2n) is 8.94. The summed E-state index contributed by atoms with van der Waals surface area (Å²) in [5.74, 6) is 1.65. The van der Waals surface area contributed by atoms with E-state index in [4.69, 9.17) is 4.74 Å². The van der Waals surface area contributed by atoms with Crippen LogP contribution in [0.15, 0.2) is 29.5 Å². The van der Waals surface area contributed by atoms with Crippen molar-refractivity contribution in [1.29, 1.82) is 0 Å². The number of ether oxygens (including phenoxy) is 1. The number of nitrogens with one attached hydrogen (secondary N) is 3. The molecular formula is C26H38N6O2. The molecule has 1 aromatic carbocycles. The largest absolute Gasteiger partial charge is 0.488 e. The summed E-state index contributed by atoms with van der Waals surface area (Å²) in [7, 11) is 0. The van der Waals surface area contributed by atoms with Gasteiger partial charge in [0.15, 0.2) is 5.82 Å². The summed E-state index contributed by atoms with van der Waals surface area (Å²) in [5, 5.41) is 9.75. The van der Waals surface area contributed by atoms with Crippen LogP contribution in [0.5, 0.6) is 5.75 Å². The molecule has 1 saturated heterocycles. The molecule has 1 fully saturated rings. The monoisotopic (exact) mass is 466 g/mol. The minimum Gasteiger partial charge on any atom is -0.488 e. The van der Waals surface area contributed by atoms with Crippen molar-refractivity contribution in [2.24, 2.45) is 10.9 Å². The Morgan fingerprint density at radius 3 is 2.65 bits per heavy atom. The van der Waals surface area contributed by atoms with E-state index in [1.807, 2.05) is 32.0 Å². The molecule has 0 atom stereocenters. The van der Waals surface area contributed by atoms with Crippen molar-refractivity contribution >= 4 is 28.8 Å². The Morgan fingerprint density at radius 2 is 1.94 bits per heavy atom. The third-order valence-electron chi connectivity index (χ3n) is 6.22. The number of rotatable bonds is 10. The van der Waals surface area contributed by atoms with Gasteiger partial charge in [0.1, 0.15) is 23.5 Å². The SMILES string of the molecule is CCC(CC)Oc1cc(C)ccc1Nc1ncnc(C)c1/N=C(\C)C(=O)NCC1CCNCC1. The van der Waals surface area contributed by atoms with Gasteiger partial charge >= 0.3 is 0 Å². The molecule has 0 aliphatic carbocycles. The van der Waals surface area contributed by atoms with Crippen molar-refractivity contribution in [1.82, 2.24) is 20.6 Å². The molecule has 3 rings (SSSR count). The fourth-order valence-corrected chi connectivity index (χ4v) is 3.95. The first-order valence-electron chi connectivity index (χ1n) is 12.3. The van der Waals surface area contributed by atoms with Crippen LogP contribution in [0, 0.1) is 19.8 Å². The van der Waals surface area contributed by atoms with E-state index in [1.54, 1.807) is 6.92 Å². The van der Waals surface area contributed by atoms with Crippen molar-refractivity contribution in [3.8, 4) is 5.75 Å². The summed E-state index contributed by atoms with van der Waals surface area (Å²) >= 11 is 0. The lowest BCUT2D eigenvalue weighted by Crippen LogP contribution is -2.38. The van der Waals surface area contributed by atoms with Crippen LogP contribution in [0.2, 0.25) is 0 Å². The fourth-order valence-electron chi connectivity index (χ4n) is 3.95. The predicted octanol–water partition coefficient (Wildman–Crippen LogP) is 4.61. The van der Waals surface area contributed by atoms with Crippen LogP contribution >= 0.6 is 0 Å². The Bertz CT molecular complexity index is 997. The zero-order chi connectivity index (χ0) is 24.5. The first-order chi connectivity index (χ1) is 16.4. The van der Waals surface area contributed by atoms with Crippen LogP contribution in [-0.2, 0) is 4.79 Å². The predicted molar refractivity (Wildman–Crippen MR) is 138 cm³/mol. The minimum atomic E-state index is -0.166. The topological polar surface area (TPSA) is 101 Å². The van der Waals surface area contributed by atoms with E-state index in [2.05, 4.69) is 44.8 Å². The number of nitrogens with zero attached hydrogens (tertiary/aromatic N) is 3. The number of anilines is 2. The molecule has 34 heavy (non-hydrogen) atoms. The number of amides is 1. The van der Waals surface area contributed by atoms with Crippen molar-refractivity contribution in [2.75, 3.05) is 25.0 Å². The van der Waals surface area contributed by atoms with Crippen molar-refractivity contribution in [2.45, 2.75) is 66.4 Å². The molecular weight excluding hydrogens is 428 g/mol. The zero-order valence-corrected chi connectivity index (χ0v) is 21.1. The van der Waals surface area contributed by atoms with Gasteiger partial charge in [-0.25, -0.2) is 15.0 Å². The Labute approximate surface area is 203 Å². The third-order valence-corrected chi connectivity index (χ3v) is 6.22. The van der Waals surface area contributed by atoms with E-state index < -0.39 is 0 Å². The number of hydrogen-bond acceptors (Lipinski definition) is 7. The Hall–Kier alpha value is -3.00. The van der Waals surface area contributed by atoms with E-state index >= 15 is 0 Å². The van der Waals surface area contributed by atoms with Crippen molar-refractivity contribution in [3.63, 3.8) is 0 Å². The lowest BCUT2D eigenvalue weighted by atomic mass is 9.98. The van der Waals surface area contributed by atoms with Gasteiger partial charge in [-0.2, -0.15) is 0 Å². The van der Waals surface area contributed by atoms with Gasteiger partial charge in [0, 0.05) is 6.54 Å². The van der Waals surface area contributed by atoms with Crippen LogP contribution < -0.4 is 20.7 Å². The first-order valence-corrected chi connectivity index (χ1v) is 12.3. The molecule has 1 aliphatic rings. The number of hydrogen-bond donors (Lipinski definition) is 3. The molecule has 8 nitrogen and oxygen atoms in total. The van der Waals surface area contributed by atoms with Crippen LogP contribution in [0.25, 0.3) is 0 Å². The molecule has 3 N–H and O–H groups in total. The first kappa shape index (κ1) is 25.6. The van der Waals surface area contributed by atoms with Crippen LogP contribution in [0.4, 0.5) is 17.2 Å². The third kappa shape index (κ3) is 7.00. The van der Waals surface area contributed by atoms with E-state index in [1.165, 1.54) is 6.33 Å². The van der Waals surface area contributed by atoms with Gasteiger partial charge in [-0.15, -0.1) is 0 Å². The highest BCUT2D eigenvalue weighted by Gasteiger charge is 2.17. The number of aliphatic imine (C=N–C) groups is 1. The minimum absolute atomic E-state index is 0.137. The molecule has 0 spiro atoms. The van der Waals surface area contributed by atoms with Gasteiger partial charge in [-0.3, -0.25) is 4.79 Å². The fraction of sp³-hybridized carbons (Fsp3) is 0.538. The Kier molecular flexibility index (Phi) is 9.39. The van der Waals surface area contributed by atoms with Gasteiger partial charge in [0.2, 0.25) is 0 Å². The highest BCUT2D eigenvalue weighted by molar-refractivity contribution is 6.38. The molecule has 1 aliphatic heterocycles. The normalized spacial score (nSPS) is 14.8. The van der Waals surface area contributed by atoms with Gasteiger partial charge in [-0.05, 0) is 83.2 Å². The van der Waals surface area contributed by atoms with Crippen LogP contribution in [-0.4, -0.2) is 47.3 Å². The molecule has 0 unspecified atom stereocenters. The summed E-state index contributed by atoms with van der Waals surface area (Å²) in [6, 6.07) is 6.03. The van der Waals surface area contributed by atoms with E-state index in [9.17, 15) is 4.79 Å². The molecule has 0 bridgehead atoms. The number of carbonyl (C=O) groups is 1. The lowest BCUT2D eigenvalue weighted by Gasteiger charge is -2.22. The molecule has 2 aromatic rings. The Balaban J connectivity index is 1.80. The summed E-state index contributed by atoms with van der Waals surface area (Å²) in [6.07, 6.45) is 5.65. The van der Waals surface area contributed by atoms with Crippen molar-refractivity contribution in [3.05, 3.63) is 35.8 Å². The molecule has 0 radical (unpaired) electrons. The molecule has 184 valence electrons. The number of benzene rings is 1. The number of aryl methyl sites for hydroxylation is 2. The van der Waals surface area contributed by atoms with Crippen LogP contribution in [0.1, 0.15) is 57.7 Å². The van der Waals surface area contributed by atoms with Crippen LogP contribution in [0.3, 0.4) is 0 Å². The van der Waals surface area contributed by atoms with E-state index in [0.717, 1.165) is 55.8 Å². The number of aromatic nitrogens is 2. The summed E-state index contributed by atoms with van der Waals surface area (Å²) in [5.41, 5.74) is 3.54. The molecule has 1 aromatic heterocycles. The van der Waals surface area contributed by atoms with Gasteiger partial charge in [0.05, 0.1) is 17.5 Å². The molecule has 8 heteroatoms. The van der Waals surface area contributed by atoms with Gasteiger partial charge in [0.25, 0.3) is 5.91 Å². The Morgan fingerprint density at radius 1 is 1.21 bits per heavy atom. The highest BCUT2D eigenvalue weighted by atomic mass is 16.5. The average Bonchev–Trinajstić information content (AvgIpc) is 2.85. The molecule has 0 saturated carbocycles. The number of carbonyl (C=O) groups excluding carboxylic acids is 1. The number of piperidine rings is 1. The molecule has 2 heterocycles.